The van der Waals surface area contributed by atoms with Gasteiger partial charge in [-0.25, -0.2) is 0 Å². The molecule has 0 saturated heterocycles. The van der Waals surface area contributed by atoms with Crippen LogP contribution in [0.25, 0.3) is 25.1 Å². The summed E-state index contributed by atoms with van der Waals surface area (Å²) in [5.74, 6) is 0. The summed E-state index contributed by atoms with van der Waals surface area (Å²) >= 11 is 0. The van der Waals surface area contributed by atoms with Gasteiger partial charge in [-0.2, -0.15) is 0 Å². The molecule has 0 aliphatic heterocycles. The molecule has 4 rings (SSSR count). The molecule has 1 heterocycles. The molecule has 20 heavy (non-hydrogen) atoms. The van der Waals surface area contributed by atoms with Gasteiger partial charge in [-0.3, -0.25) is 0 Å². The van der Waals surface area contributed by atoms with Crippen molar-refractivity contribution >= 4 is 35.5 Å². The first kappa shape index (κ1) is 11.9. The van der Waals surface area contributed by atoms with Crippen LogP contribution in [0, 0.1) is 0 Å². The third-order valence-corrected chi connectivity index (χ3v) is 6.15. The highest BCUT2D eigenvalue weighted by Crippen LogP contribution is 2.49. The van der Waals surface area contributed by atoms with Gasteiger partial charge in [0, 0.05) is 27.7 Å². The fourth-order valence-electron chi connectivity index (χ4n) is 2.85. The summed E-state index contributed by atoms with van der Waals surface area (Å²) in [5.41, 5.74) is 0. The standard InChI is InChI=1S/C18H15OS/c19-13-9-11-14(12-10-13)20-17-7-3-1-5-15(17)16-6-2-4-8-18(16)20/h1-9,11-13,19H,10H2/q+1. The molecule has 1 aliphatic carbocycles. The molecular formula is C18H15OS+. The lowest BCUT2D eigenvalue weighted by Gasteiger charge is -2.05. The molecule has 2 aromatic carbocycles. The number of aliphatic hydroxyl groups excluding tert-OH is 1. The maximum atomic E-state index is 9.63. The number of hydrogen-bond acceptors (Lipinski definition) is 1. The van der Waals surface area contributed by atoms with Crippen LogP contribution in [0.4, 0.5) is 0 Å². The third kappa shape index (κ3) is 1.73. The smallest absolute Gasteiger partial charge is 0.187 e. The van der Waals surface area contributed by atoms with Gasteiger partial charge in [-0.1, -0.05) is 30.3 Å². The lowest BCUT2D eigenvalue weighted by molar-refractivity contribution is 0.226. The number of allylic oxidation sites excluding steroid dienone is 2. The van der Waals surface area contributed by atoms with Crippen molar-refractivity contribution in [2.24, 2.45) is 0 Å². The number of thiophene rings is 1. The molecule has 0 bridgehead atoms. The predicted octanol–water partition coefficient (Wildman–Crippen LogP) is 4.90. The van der Waals surface area contributed by atoms with Crippen molar-refractivity contribution in [3.05, 3.63) is 66.8 Å². The van der Waals surface area contributed by atoms with Crippen molar-refractivity contribution in [2.45, 2.75) is 12.5 Å². The Bertz CT molecular complexity index is 801. The quantitative estimate of drug-likeness (QED) is 0.628. The highest BCUT2D eigenvalue weighted by molar-refractivity contribution is 7.54. The fourth-order valence-corrected chi connectivity index (χ4v) is 5.29. The molecule has 3 aromatic rings. The number of hydrogen-bond donors (Lipinski definition) is 1. The minimum absolute atomic E-state index is 0.0154. The summed E-state index contributed by atoms with van der Waals surface area (Å²) in [7, 11) is -0.0154. The van der Waals surface area contributed by atoms with Crippen LogP contribution in [0.15, 0.2) is 66.8 Å². The van der Waals surface area contributed by atoms with Crippen molar-refractivity contribution in [1.29, 1.82) is 0 Å². The molecule has 1 nitrogen and oxygen atoms in total. The number of fused-ring (bicyclic) bond motifs is 3. The highest BCUT2D eigenvalue weighted by atomic mass is 32.2. The van der Waals surface area contributed by atoms with Gasteiger partial charge in [-0.15, -0.1) is 0 Å². The Hall–Kier alpha value is -1.90. The molecular weight excluding hydrogens is 264 g/mol. The van der Waals surface area contributed by atoms with E-state index in [9.17, 15) is 5.11 Å². The van der Waals surface area contributed by atoms with Crippen LogP contribution in [-0.2, 0) is 0 Å². The number of rotatable bonds is 1. The molecule has 1 aliphatic rings. The zero-order valence-electron chi connectivity index (χ0n) is 11.0. The molecule has 0 amide bonds. The van der Waals surface area contributed by atoms with Crippen LogP contribution in [0.1, 0.15) is 6.42 Å². The molecule has 0 fully saturated rings. The van der Waals surface area contributed by atoms with E-state index in [1.165, 1.54) is 25.1 Å². The van der Waals surface area contributed by atoms with E-state index in [1.54, 1.807) is 0 Å². The van der Waals surface area contributed by atoms with E-state index in [0.29, 0.717) is 0 Å². The molecule has 98 valence electrons. The number of benzene rings is 2. The molecule has 2 heteroatoms. The van der Waals surface area contributed by atoms with Gasteiger partial charge in [0.1, 0.15) is 0 Å². The normalized spacial score (nSPS) is 18.6. The van der Waals surface area contributed by atoms with E-state index in [-0.39, 0.29) is 16.6 Å². The van der Waals surface area contributed by atoms with Gasteiger partial charge in [0.15, 0.2) is 14.3 Å². The van der Waals surface area contributed by atoms with E-state index in [2.05, 4.69) is 60.7 Å². The third-order valence-electron chi connectivity index (χ3n) is 3.78. The van der Waals surface area contributed by atoms with Crippen LogP contribution in [-0.4, -0.2) is 11.2 Å². The Labute approximate surface area is 120 Å². The van der Waals surface area contributed by atoms with E-state index in [4.69, 9.17) is 0 Å². The second-order valence-corrected chi connectivity index (χ2v) is 7.03. The van der Waals surface area contributed by atoms with Gasteiger partial charge < -0.3 is 5.11 Å². The Morgan fingerprint density at radius 3 is 2.05 bits per heavy atom. The van der Waals surface area contributed by atoms with Crippen LogP contribution in [0.5, 0.6) is 0 Å². The first-order valence-electron chi connectivity index (χ1n) is 6.84. The summed E-state index contributed by atoms with van der Waals surface area (Å²) in [6, 6.07) is 17.3. The first-order valence-corrected chi connectivity index (χ1v) is 8.06. The minimum atomic E-state index is -0.324. The molecule has 1 aromatic heterocycles. The molecule has 0 radical (unpaired) electrons. The van der Waals surface area contributed by atoms with Crippen molar-refractivity contribution in [3.8, 4) is 0 Å². The predicted molar refractivity (Wildman–Crippen MR) is 88.0 cm³/mol. The Kier molecular flexibility index (Phi) is 2.72. The van der Waals surface area contributed by atoms with Gasteiger partial charge in [0.05, 0.1) is 6.10 Å². The second kappa shape index (κ2) is 4.58. The Morgan fingerprint density at radius 2 is 1.50 bits per heavy atom. The first-order chi connectivity index (χ1) is 9.84. The molecule has 1 N–H and O–H groups in total. The molecule has 1 atom stereocenters. The summed E-state index contributed by atoms with van der Waals surface area (Å²) in [6.07, 6.45) is 6.59. The SMILES string of the molecule is OC1C=CC([s+]2c3ccccc3c3ccccc32)=CC1. The van der Waals surface area contributed by atoms with E-state index in [0.717, 1.165) is 6.42 Å². The molecule has 0 spiro atoms. The summed E-state index contributed by atoms with van der Waals surface area (Å²) in [6.45, 7) is 0. The largest absolute Gasteiger partial charge is 0.389 e. The average Bonchev–Trinajstić information content (AvgIpc) is 2.83. The summed E-state index contributed by atoms with van der Waals surface area (Å²) in [4.78, 5) is 1.33. The molecule has 1 unspecified atom stereocenters. The van der Waals surface area contributed by atoms with Crippen molar-refractivity contribution < 1.29 is 5.11 Å². The average molecular weight is 279 g/mol. The Balaban J connectivity index is 2.08. The Morgan fingerprint density at radius 1 is 0.900 bits per heavy atom. The second-order valence-electron chi connectivity index (χ2n) is 5.07. The topological polar surface area (TPSA) is 20.2 Å². The van der Waals surface area contributed by atoms with Crippen molar-refractivity contribution in [2.75, 3.05) is 0 Å². The van der Waals surface area contributed by atoms with Gasteiger partial charge in [-0.05, 0) is 36.4 Å². The van der Waals surface area contributed by atoms with Crippen LogP contribution in [0.3, 0.4) is 0 Å². The number of aliphatic hydroxyl groups is 1. The fraction of sp³-hybridized carbons (Fsp3) is 0.111. The zero-order valence-corrected chi connectivity index (χ0v) is 11.8. The van der Waals surface area contributed by atoms with Crippen LogP contribution < -0.4 is 0 Å². The lowest BCUT2D eigenvalue weighted by atomic mass is 10.1. The van der Waals surface area contributed by atoms with E-state index >= 15 is 0 Å². The maximum Gasteiger partial charge on any atom is 0.187 e. The van der Waals surface area contributed by atoms with Crippen molar-refractivity contribution in [1.82, 2.24) is 0 Å². The van der Waals surface area contributed by atoms with Crippen LogP contribution in [0.2, 0.25) is 0 Å². The minimum Gasteiger partial charge on any atom is -0.389 e. The van der Waals surface area contributed by atoms with Gasteiger partial charge in [0.25, 0.3) is 0 Å². The monoisotopic (exact) mass is 279 g/mol. The van der Waals surface area contributed by atoms with Gasteiger partial charge >= 0.3 is 0 Å². The van der Waals surface area contributed by atoms with Gasteiger partial charge in [0.2, 0.25) is 0 Å². The van der Waals surface area contributed by atoms with Crippen molar-refractivity contribution in [3.63, 3.8) is 0 Å². The highest BCUT2D eigenvalue weighted by Gasteiger charge is 2.24. The maximum absolute atomic E-state index is 9.63. The molecule has 0 saturated carbocycles. The van der Waals surface area contributed by atoms with E-state index in [1.807, 2.05) is 6.08 Å². The van der Waals surface area contributed by atoms with Crippen LogP contribution >= 0.6 is 10.5 Å². The summed E-state index contributed by atoms with van der Waals surface area (Å²) < 4.78 is 2.81. The lowest BCUT2D eigenvalue weighted by Crippen LogP contribution is -2.02. The summed E-state index contributed by atoms with van der Waals surface area (Å²) in [5, 5.41) is 12.3. The van der Waals surface area contributed by atoms with E-state index < -0.39 is 0 Å². The zero-order chi connectivity index (χ0) is 13.5.